The Morgan fingerprint density at radius 3 is 2.80 bits per heavy atom. The molecule has 2 rings (SSSR count). The van der Waals surface area contributed by atoms with E-state index in [-0.39, 0.29) is 17.0 Å². The molecule has 0 aliphatic carbocycles. The summed E-state index contributed by atoms with van der Waals surface area (Å²) in [5.74, 6) is -0.836. The van der Waals surface area contributed by atoms with Gasteiger partial charge < -0.3 is 10.2 Å². The Kier molecular flexibility index (Phi) is 2.25. The average Bonchev–Trinajstić information content (AvgIpc) is 2.74. The first kappa shape index (κ1) is 9.45. The Bertz CT molecular complexity index is 491. The molecule has 0 radical (unpaired) electrons. The number of benzene rings is 1. The fourth-order valence-electron chi connectivity index (χ4n) is 1.27. The molecule has 0 saturated heterocycles. The number of ketones is 1. The lowest BCUT2D eigenvalue weighted by atomic mass is 10.0. The number of furan rings is 1. The summed E-state index contributed by atoms with van der Waals surface area (Å²) in [6.45, 7) is 0. The first-order valence-electron chi connectivity index (χ1n) is 4.30. The summed E-state index contributed by atoms with van der Waals surface area (Å²) in [7, 11) is 0. The highest BCUT2D eigenvalue weighted by Crippen LogP contribution is 2.18. The topological polar surface area (TPSA) is 56.2 Å². The smallest absolute Gasteiger partial charge is 0.198 e. The maximum Gasteiger partial charge on any atom is 0.198 e. The molecule has 0 unspecified atom stereocenters. The van der Waals surface area contributed by atoms with Crippen molar-refractivity contribution in [1.29, 1.82) is 0 Å². The number of nitrogen functional groups attached to an aromatic ring is 1. The van der Waals surface area contributed by atoms with Crippen LogP contribution in [0.5, 0.6) is 0 Å². The van der Waals surface area contributed by atoms with Gasteiger partial charge in [0.2, 0.25) is 0 Å². The molecule has 0 spiro atoms. The maximum absolute atomic E-state index is 12.9. The van der Waals surface area contributed by atoms with Gasteiger partial charge in [-0.15, -0.1) is 0 Å². The van der Waals surface area contributed by atoms with Gasteiger partial charge in [-0.05, 0) is 24.3 Å². The van der Waals surface area contributed by atoms with Gasteiger partial charge in [0.05, 0.1) is 11.8 Å². The van der Waals surface area contributed by atoms with Gasteiger partial charge >= 0.3 is 0 Å². The Hall–Kier alpha value is -2.10. The van der Waals surface area contributed by atoms with Crippen LogP contribution in [0.15, 0.2) is 41.2 Å². The molecule has 0 atom stereocenters. The lowest BCUT2D eigenvalue weighted by Crippen LogP contribution is -2.04. The van der Waals surface area contributed by atoms with Crippen molar-refractivity contribution in [1.82, 2.24) is 0 Å². The molecule has 0 bridgehead atoms. The number of hydrogen-bond donors (Lipinski definition) is 1. The van der Waals surface area contributed by atoms with Crippen LogP contribution in [-0.2, 0) is 0 Å². The van der Waals surface area contributed by atoms with Gasteiger partial charge in [0.1, 0.15) is 12.1 Å². The highest BCUT2D eigenvalue weighted by molar-refractivity contribution is 6.11. The molecular weight excluding hydrogens is 197 g/mol. The van der Waals surface area contributed by atoms with Crippen LogP contribution in [0.1, 0.15) is 15.9 Å². The minimum Gasteiger partial charge on any atom is -0.472 e. The summed E-state index contributed by atoms with van der Waals surface area (Å²) >= 11 is 0. The first-order valence-corrected chi connectivity index (χ1v) is 4.30. The van der Waals surface area contributed by atoms with Crippen LogP contribution < -0.4 is 5.73 Å². The Morgan fingerprint density at radius 1 is 1.33 bits per heavy atom. The molecule has 3 nitrogen and oxygen atoms in total. The number of halogens is 1. The van der Waals surface area contributed by atoms with Crippen molar-refractivity contribution in [3.05, 3.63) is 53.7 Å². The zero-order chi connectivity index (χ0) is 10.8. The number of carbonyl (C=O) groups excluding carboxylic acids is 1. The zero-order valence-corrected chi connectivity index (χ0v) is 7.74. The third-order valence-electron chi connectivity index (χ3n) is 2.04. The summed E-state index contributed by atoms with van der Waals surface area (Å²) in [6.07, 6.45) is 2.68. The van der Waals surface area contributed by atoms with Gasteiger partial charge in [0.25, 0.3) is 0 Å². The van der Waals surface area contributed by atoms with E-state index in [1.165, 1.54) is 30.7 Å². The molecule has 0 aliphatic rings. The molecule has 76 valence electrons. The number of hydrogen-bond acceptors (Lipinski definition) is 3. The average molecular weight is 205 g/mol. The molecule has 15 heavy (non-hydrogen) atoms. The SMILES string of the molecule is Nc1ccc(F)cc1C(=O)c1ccoc1. The standard InChI is InChI=1S/C11H8FNO2/c12-8-1-2-10(13)9(5-8)11(14)7-3-4-15-6-7/h1-6H,13H2. The van der Waals surface area contributed by atoms with Crippen molar-refractivity contribution in [2.45, 2.75) is 0 Å². The predicted molar refractivity (Wildman–Crippen MR) is 53.0 cm³/mol. The monoisotopic (exact) mass is 205 g/mol. The van der Waals surface area contributed by atoms with E-state index in [0.717, 1.165) is 6.07 Å². The van der Waals surface area contributed by atoms with Crippen LogP contribution >= 0.6 is 0 Å². The second-order valence-corrected chi connectivity index (χ2v) is 3.07. The fraction of sp³-hybridized carbons (Fsp3) is 0. The Labute approximate surface area is 85.3 Å². The number of carbonyl (C=O) groups is 1. The van der Waals surface area contributed by atoms with Crippen LogP contribution in [0.25, 0.3) is 0 Å². The predicted octanol–water partition coefficient (Wildman–Crippen LogP) is 2.23. The van der Waals surface area contributed by atoms with Crippen molar-refractivity contribution in [3.8, 4) is 0 Å². The van der Waals surface area contributed by atoms with Gasteiger partial charge in [0.15, 0.2) is 5.78 Å². The largest absolute Gasteiger partial charge is 0.472 e. The van der Waals surface area contributed by atoms with Crippen molar-refractivity contribution < 1.29 is 13.6 Å². The van der Waals surface area contributed by atoms with Gasteiger partial charge in [-0.2, -0.15) is 0 Å². The van der Waals surface area contributed by atoms with E-state index in [1.807, 2.05) is 0 Å². The van der Waals surface area contributed by atoms with E-state index in [1.54, 1.807) is 0 Å². The molecule has 2 aromatic rings. The van der Waals surface area contributed by atoms with Gasteiger partial charge in [-0.1, -0.05) is 0 Å². The summed E-state index contributed by atoms with van der Waals surface area (Å²) in [4.78, 5) is 11.8. The van der Waals surface area contributed by atoms with E-state index in [4.69, 9.17) is 10.2 Å². The minimum absolute atomic E-state index is 0.149. The normalized spacial score (nSPS) is 10.2. The molecule has 4 heteroatoms. The Morgan fingerprint density at radius 2 is 2.13 bits per heavy atom. The molecule has 0 aliphatic heterocycles. The minimum atomic E-state index is -0.490. The van der Waals surface area contributed by atoms with E-state index in [0.29, 0.717) is 5.56 Å². The second kappa shape index (κ2) is 3.57. The van der Waals surface area contributed by atoms with Crippen LogP contribution in [0.2, 0.25) is 0 Å². The summed E-state index contributed by atoms with van der Waals surface area (Å²) < 4.78 is 17.7. The number of nitrogens with two attached hydrogens (primary N) is 1. The van der Waals surface area contributed by atoms with Crippen molar-refractivity contribution in [2.24, 2.45) is 0 Å². The van der Waals surface area contributed by atoms with Gasteiger partial charge in [-0.25, -0.2) is 4.39 Å². The van der Waals surface area contributed by atoms with Crippen LogP contribution in [-0.4, -0.2) is 5.78 Å². The highest BCUT2D eigenvalue weighted by Gasteiger charge is 2.13. The van der Waals surface area contributed by atoms with Crippen LogP contribution in [0.3, 0.4) is 0 Å². The lowest BCUT2D eigenvalue weighted by Gasteiger charge is -2.02. The second-order valence-electron chi connectivity index (χ2n) is 3.07. The Balaban J connectivity index is 2.46. The summed E-state index contributed by atoms with van der Waals surface area (Å²) in [5, 5.41) is 0. The van der Waals surface area contributed by atoms with E-state index < -0.39 is 5.82 Å². The molecule has 2 N–H and O–H groups in total. The van der Waals surface area contributed by atoms with Crippen LogP contribution in [0.4, 0.5) is 10.1 Å². The highest BCUT2D eigenvalue weighted by atomic mass is 19.1. The molecule has 1 aromatic carbocycles. The number of anilines is 1. The third kappa shape index (κ3) is 1.74. The maximum atomic E-state index is 12.9. The zero-order valence-electron chi connectivity index (χ0n) is 7.74. The molecule has 1 aromatic heterocycles. The molecule has 0 saturated carbocycles. The molecule has 1 heterocycles. The fourth-order valence-corrected chi connectivity index (χ4v) is 1.27. The third-order valence-corrected chi connectivity index (χ3v) is 2.04. The molecular formula is C11H8FNO2. The van der Waals surface area contributed by atoms with Crippen molar-refractivity contribution in [2.75, 3.05) is 5.73 Å². The first-order chi connectivity index (χ1) is 7.18. The van der Waals surface area contributed by atoms with E-state index >= 15 is 0 Å². The van der Waals surface area contributed by atoms with Crippen molar-refractivity contribution in [3.63, 3.8) is 0 Å². The van der Waals surface area contributed by atoms with E-state index in [2.05, 4.69) is 0 Å². The summed E-state index contributed by atoms with van der Waals surface area (Å²) in [5.41, 5.74) is 6.33. The molecule has 0 amide bonds. The van der Waals surface area contributed by atoms with Gasteiger partial charge in [-0.3, -0.25) is 4.79 Å². The van der Waals surface area contributed by atoms with E-state index in [9.17, 15) is 9.18 Å². The van der Waals surface area contributed by atoms with Gasteiger partial charge in [0, 0.05) is 11.3 Å². The summed E-state index contributed by atoms with van der Waals surface area (Å²) in [6, 6.07) is 5.20. The number of rotatable bonds is 2. The van der Waals surface area contributed by atoms with Crippen LogP contribution in [0, 0.1) is 5.82 Å². The quantitative estimate of drug-likeness (QED) is 0.604. The van der Waals surface area contributed by atoms with Crippen molar-refractivity contribution >= 4 is 11.5 Å². The lowest BCUT2D eigenvalue weighted by molar-refractivity contribution is 0.103. The molecule has 0 fully saturated rings.